The molecule has 0 bridgehead atoms. The zero-order chi connectivity index (χ0) is 10.7. The molecule has 15 heavy (non-hydrogen) atoms. The monoisotopic (exact) mass is 290 g/mol. The van der Waals surface area contributed by atoms with Crippen LogP contribution in [0.2, 0.25) is 0 Å². The van der Waals surface area contributed by atoms with E-state index in [9.17, 15) is 0 Å². The zero-order valence-electron chi connectivity index (χ0n) is 8.20. The highest BCUT2D eigenvalue weighted by Gasteiger charge is 2.21. The van der Waals surface area contributed by atoms with Gasteiger partial charge in [-0.05, 0) is 28.1 Å². The second-order valence-electron chi connectivity index (χ2n) is 3.40. The van der Waals surface area contributed by atoms with Crippen molar-refractivity contribution < 1.29 is 4.74 Å². The molecule has 0 saturated carbocycles. The van der Waals surface area contributed by atoms with Gasteiger partial charge in [0.25, 0.3) is 0 Å². The predicted octanol–water partition coefficient (Wildman–Crippen LogP) is 2.29. The predicted molar refractivity (Wildman–Crippen MR) is 64.6 cm³/mol. The van der Waals surface area contributed by atoms with Gasteiger partial charge in [-0.2, -0.15) is 0 Å². The maximum atomic E-state index is 5.79. The van der Waals surface area contributed by atoms with Gasteiger partial charge in [-0.15, -0.1) is 11.6 Å². The van der Waals surface area contributed by atoms with Gasteiger partial charge in [-0.1, -0.05) is 0 Å². The molecule has 0 spiro atoms. The Hall–Kier alpha value is -0.320. The average molecular weight is 292 g/mol. The molecular formula is C10H12BrClN2O. The molecular weight excluding hydrogens is 279 g/mol. The van der Waals surface area contributed by atoms with Crippen molar-refractivity contribution in [2.24, 2.45) is 0 Å². The number of aromatic nitrogens is 1. The number of halogens is 2. The molecule has 2 rings (SSSR count). The van der Waals surface area contributed by atoms with E-state index in [0.717, 1.165) is 23.4 Å². The summed E-state index contributed by atoms with van der Waals surface area (Å²) in [6.07, 6.45) is 1.90. The molecule has 0 amide bonds. The number of anilines is 1. The van der Waals surface area contributed by atoms with Crippen LogP contribution in [0.4, 0.5) is 5.82 Å². The molecule has 1 aromatic rings. The first-order valence-electron chi connectivity index (χ1n) is 4.84. The van der Waals surface area contributed by atoms with Gasteiger partial charge in [-0.3, -0.25) is 0 Å². The Morgan fingerprint density at radius 2 is 2.53 bits per heavy atom. The van der Waals surface area contributed by atoms with E-state index < -0.39 is 0 Å². The summed E-state index contributed by atoms with van der Waals surface area (Å²) in [5, 5.41) is 0. The van der Waals surface area contributed by atoms with E-state index in [1.54, 1.807) is 6.20 Å². The highest BCUT2D eigenvalue weighted by molar-refractivity contribution is 9.10. The fourth-order valence-electron chi connectivity index (χ4n) is 1.62. The first kappa shape index (κ1) is 11.2. The van der Waals surface area contributed by atoms with Gasteiger partial charge in [0, 0.05) is 19.3 Å². The lowest BCUT2D eigenvalue weighted by Gasteiger charge is -2.33. The number of ether oxygens (including phenoxy) is 1. The minimum atomic E-state index is 0.106. The number of hydrogen-bond donors (Lipinski definition) is 0. The van der Waals surface area contributed by atoms with Crippen LogP contribution < -0.4 is 4.90 Å². The minimum absolute atomic E-state index is 0.106. The molecule has 3 nitrogen and oxygen atoms in total. The van der Waals surface area contributed by atoms with Crippen molar-refractivity contribution in [3.8, 4) is 0 Å². The summed E-state index contributed by atoms with van der Waals surface area (Å²) < 4.78 is 6.52. The highest BCUT2D eigenvalue weighted by atomic mass is 79.9. The minimum Gasteiger partial charge on any atom is -0.373 e. The maximum absolute atomic E-state index is 5.79. The van der Waals surface area contributed by atoms with E-state index in [-0.39, 0.29) is 6.10 Å². The molecule has 1 atom stereocenters. The summed E-state index contributed by atoms with van der Waals surface area (Å²) >= 11 is 9.28. The van der Waals surface area contributed by atoms with Crippen LogP contribution in [0.1, 0.15) is 0 Å². The highest BCUT2D eigenvalue weighted by Crippen LogP contribution is 2.24. The second kappa shape index (κ2) is 5.14. The molecule has 1 fully saturated rings. The average Bonchev–Trinajstić information content (AvgIpc) is 2.30. The van der Waals surface area contributed by atoms with Gasteiger partial charge < -0.3 is 9.64 Å². The number of hydrogen-bond acceptors (Lipinski definition) is 3. The van der Waals surface area contributed by atoms with Gasteiger partial charge in [0.15, 0.2) is 0 Å². The van der Waals surface area contributed by atoms with E-state index in [1.165, 1.54) is 0 Å². The lowest BCUT2D eigenvalue weighted by molar-refractivity contribution is 0.0551. The normalized spacial score (nSPS) is 21.7. The van der Waals surface area contributed by atoms with E-state index in [0.29, 0.717) is 12.5 Å². The zero-order valence-corrected chi connectivity index (χ0v) is 10.5. The molecule has 1 unspecified atom stereocenters. The van der Waals surface area contributed by atoms with Crippen LogP contribution in [-0.4, -0.2) is 36.7 Å². The summed E-state index contributed by atoms with van der Waals surface area (Å²) in [5.41, 5.74) is 0. The smallest absolute Gasteiger partial charge is 0.143 e. The Labute approximate surface area is 103 Å². The maximum Gasteiger partial charge on any atom is 0.143 e. The first-order chi connectivity index (χ1) is 7.31. The molecule has 1 saturated heterocycles. The van der Waals surface area contributed by atoms with Crippen molar-refractivity contribution >= 4 is 33.3 Å². The summed E-state index contributed by atoms with van der Waals surface area (Å²) in [5.74, 6) is 1.50. The van der Waals surface area contributed by atoms with Gasteiger partial charge in [0.2, 0.25) is 0 Å². The van der Waals surface area contributed by atoms with Crippen molar-refractivity contribution in [1.29, 1.82) is 0 Å². The quantitative estimate of drug-likeness (QED) is 0.782. The third-order valence-electron chi connectivity index (χ3n) is 2.35. The van der Waals surface area contributed by atoms with Crippen molar-refractivity contribution in [2.45, 2.75) is 6.10 Å². The van der Waals surface area contributed by atoms with Crippen LogP contribution in [0.15, 0.2) is 22.8 Å². The third-order valence-corrected chi connectivity index (χ3v) is 3.31. The molecule has 1 aromatic heterocycles. The molecule has 0 aromatic carbocycles. The number of alkyl halides is 1. The largest absolute Gasteiger partial charge is 0.373 e. The second-order valence-corrected chi connectivity index (χ2v) is 4.56. The molecule has 5 heteroatoms. The summed E-state index contributed by atoms with van der Waals surface area (Å²) in [6.45, 7) is 2.38. The number of nitrogens with zero attached hydrogens (tertiary/aromatic N) is 2. The third kappa shape index (κ3) is 2.62. The summed E-state index contributed by atoms with van der Waals surface area (Å²) in [7, 11) is 0. The SMILES string of the molecule is ClCC1CN(c2ncccc2Br)CCO1. The van der Waals surface area contributed by atoms with Gasteiger partial charge in [0.05, 0.1) is 23.1 Å². The number of pyridine rings is 1. The molecule has 0 radical (unpaired) electrons. The number of rotatable bonds is 2. The molecule has 1 aliphatic heterocycles. The van der Waals surface area contributed by atoms with E-state index in [2.05, 4.69) is 25.8 Å². The first-order valence-corrected chi connectivity index (χ1v) is 6.17. The van der Waals surface area contributed by atoms with Gasteiger partial charge in [-0.25, -0.2) is 4.98 Å². The van der Waals surface area contributed by atoms with Crippen LogP contribution >= 0.6 is 27.5 Å². The standard InChI is InChI=1S/C10H12BrClN2O/c11-9-2-1-3-13-10(9)14-4-5-15-8(6-12)7-14/h1-3,8H,4-7H2. The Bertz CT molecular complexity index is 337. The Kier molecular flexibility index (Phi) is 3.83. The Balaban J connectivity index is 2.13. The fraction of sp³-hybridized carbons (Fsp3) is 0.500. The fourth-order valence-corrected chi connectivity index (χ4v) is 2.31. The Morgan fingerprint density at radius 1 is 1.67 bits per heavy atom. The lowest BCUT2D eigenvalue weighted by Crippen LogP contribution is -2.43. The van der Waals surface area contributed by atoms with Crippen molar-refractivity contribution in [3.63, 3.8) is 0 Å². The van der Waals surface area contributed by atoms with E-state index in [4.69, 9.17) is 16.3 Å². The lowest BCUT2D eigenvalue weighted by atomic mass is 10.3. The molecule has 2 heterocycles. The summed E-state index contributed by atoms with van der Waals surface area (Å²) in [4.78, 5) is 6.55. The van der Waals surface area contributed by atoms with Crippen LogP contribution in [0.25, 0.3) is 0 Å². The summed E-state index contributed by atoms with van der Waals surface area (Å²) in [6, 6.07) is 3.90. The Morgan fingerprint density at radius 3 is 3.27 bits per heavy atom. The van der Waals surface area contributed by atoms with E-state index in [1.807, 2.05) is 12.1 Å². The molecule has 0 aliphatic carbocycles. The van der Waals surface area contributed by atoms with E-state index >= 15 is 0 Å². The number of morpholine rings is 1. The van der Waals surface area contributed by atoms with Crippen molar-refractivity contribution in [3.05, 3.63) is 22.8 Å². The van der Waals surface area contributed by atoms with Crippen LogP contribution in [-0.2, 0) is 4.74 Å². The van der Waals surface area contributed by atoms with Crippen LogP contribution in [0, 0.1) is 0 Å². The van der Waals surface area contributed by atoms with Gasteiger partial charge >= 0.3 is 0 Å². The van der Waals surface area contributed by atoms with Crippen molar-refractivity contribution in [1.82, 2.24) is 4.98 Å². The van der Waals surface area contributed by atoms with Crippen LogP contribution in [0.5, 0.6) is 0 Å². The van der Waals surface area contributed by atoms with Crippen molar-refractivity contribution in [2.75, 3.05) is 30.5 Å². The van der Waals surface area contributed by atoms with Gasteiger partial charge in [0.1, 0.15) is 5.82 Å². The topological polar surface area (TPSA) is 25.4 Å². The molecule has 0 N–H and O–H groups in total. The van der Waals surface area contributed by atoms with Crippen LogP contribution in [0.3, 0.4) is 0 Å². The molecule has 1 aliphatic rings. The molecule has 82 valence electrons.